The van der Waals surface area contributed by atoms with Crippen molar-refractivity contribution in [2.45, 2.75) is 13.5 Å². The van der Waals surface area contributed by atoms with E-state index >= 15 is 0 Å². The van der Waals surface area contributed by atoms with Gasteiger partial charge in [-0.05, 0) is 19.1 Å². The molecule has 1 rings (SSSR count). The number of rotatable bonds is 6. The molecule has 0 aliphatic carbocycles. The number of para-hydroxylation sites is 1. The molecule has 0 spiro atoms. The summed E-state index contributed by atoms with van der Waals surface area (Å²) in [4.78, 5) is 0. The van der Waals surface area contributed by atoms with Crippen LogP contribution >= 0.6 is 11.6 Å². The highest BCUT2D eigenvalue weighted by Crippen LogP contribution is 2.31. The van der Waals surface area contributed by atoms with Gasteiger partial charge in [0.2, 0.25) is 0 Å². The Morgan fingerprint density at radius 3 is 2.81 bits per heavy atom. The lowest BCUT2D eigenvalue weighted by atomic mass is 10.2. The summed E-state index contributed by atoms with van der Waals surface area (Å²) < 4.78 is 10.9. The Morgan fingerprint density at radius 2 is 2.19 bits per heavy atom. The molecule has 1 aromatic carbocycles. The molecule has 0 aliphatic heterocycles. The molecule has 0 aromatic heterocycles. The first-order chi connectivity index (χ1) is 7.83. The molecule has 16 heavy (non-hydrogen) atoms. The Labute approximate surface area is 100 Å². The van der Waals surface area contributed by atoms with Crippen molar-refractivity contribution < 1.29 is 14.6 Å². The van der Waals surface area contributed by atoms with Crippen LogP contribution in [0.1, 0.15) is 12.5 Å². The van der Waals surface area contributed by atoms with E-state index in [1.807, 2.05) is 19.1 Å². The topological polar surface area (TPSA) is 38.7 Å². The molecular weight excluding hydrogens is 228 g/mol. The lowest BCUT2D eigenvalue weighted by Gasteiger charge is -2.13. The van der Waals surface area contributed by atoms with Gasteiger partial charge in [-0.15, -0.1) is 0 Å². The van der Waals surface area contributed by atoms with Crippen LogP contribution in [0, 0.1) is 0 Å². The van der Waals surface area contributed by atoms with Gasteiger partial charge in [0, 0.05) is 11.1 Å². The van der Waals surface area contributed by atoms with Gasteiger partial charge in [-0.3, -0.25) is 0 Å². The molecule has 0 unspecified atom stereocenters. The highest BCUT2D eigenvalue weighted by Gasteiger charge is 2.09. The van der Waals surface area contributed by atoms with Crippen LogP contribution < -0.4 is 9.47 Å². The first-order valence-corrected chi connectivity index (χ1v) is 5.50. The number of hydrogen-bond acceptors (Lipinski definition) is 3. The third-order valence-electron chi connectivity index (χ3n) is 1.94. The fourth-order valence-corrected chi connectivity index (χ4v) is 1.36. The zero-order valence-electron chi connectivity index (χ0n) is 9.15. The van der Waals surface area contributed by atoms with Crippen molar-refractivity contribution in [3.8, 4) is 11.5 Å². The summed E-state index contributed by atoms with van der Waals surface area (Å²) in [7, 11) is 0. The Bertz CT molecular complexity index is 350. The van der Waals surface area contributed by atoms with E-state index < -0.39 is 0 Å². The van der Waals surface area contributed by atoms with Gasteiger partial charge >= 0.3 is 0 Å². The molecular formula is C12H15ClO3. The molecule has 0 aliphatic rings. The number of hydrogen-bond donors (Lipinski definition) is 1. The summed E-state index contributed by atoms with van der Waals surface area (Å²) in [6.45, 7) is 2.71. The molecule has 1 aromatic rings. The van der Waals surface area contributed by atoms with E-state index in [9.17, 15) is 5.11 Å². The molecule has 0 saturated heterocycles. The normalized spacial score (nSPS) is 10.7. The predicted octanol–water partition coefficient (Wildman–Crippen LogP) is 2.71. The van der Waals surface area contributed by atoms with Gasteiger partial charge < -0.3 is 14.6 Å². The Kier molecular flexibility index (Phi) is 5.75. The van der Waals surface area contributed by atoms with E-state index in [2.05, 4.69) is 0 Å². The zero-order valence-corrected chi connectivity index (χ0v) is 9.91. The molecule has 0 radical (unpaired) electrons. The van der Waals surface area contributed by atoms with Crippen LogP contribution in [0.25, 0.3) is 0 Å². The summed E-state index contributed by atoms with van der Waals surface area (Å²) in [5, 5.41) is 9.19. The smallest absolute Gasteiger partial charge is 0.167 e. The van der Waals surface area contributed by atoms with E-state index in [0.717, 1.165) is 0 Å². The molecule has 0 fully saturated rings. The molecule has 0 atom stereocenters. The van der Waals surface area contributed by atoms with Crippen LogP contribution in [0.15, 0.2) is 29.8 Å². The van der Waals surface area contributed by atoms with Gasteiger partial charge in [0.25, 0.3) is 0 Å². The second-order valence-corrected chi connectivity index (χ2v) is 3.26. The Morgan fingerprint density at radius 1 is 1.38 bits per heavy atom. The number of benzene rings is 1. The van der Waals surface area contributed by atoms with Crippen molar-refractivity contribution >= 4 is 11.6 Å². The van der Waals surface area contributed by atoms with Gasteiger partial charge in [-0.25, -0.2) is 0 Å². The van der Waals surface area contributed by atoms with Crippen LogP contribution in [-0.2, 0) is 6.61 Å². The van der Waals surface area contributed by atoms with Gasteiger partial charge in [-0.2, -0.15) is 0 Å². The van der Waals surface area contributed by atoms with E-state index in [1.54, 1.807) is 12.1 Å². The fraction of sp³-hybridized carbons (Fsp3) is 0.333. The van der Waals surface area contributed by atoms with Crippen molar-refractivity contribution in [1.82, 2.24) is 0 Å². The van der Waals surface area contributed by atoms with Crippen molar-refractivity contribution in [1.29, 1.82) is 0 Å². The monoisotopic (exact) mass is 242 g/mol. The standard InChI is InChI=1S/C12H15ClO3/c1-2-15-11-6-3-5-10(9-14)12(11)16-8-4-7-13/h3-7,14H,2,8-9H2,1H3/b7-4+. The zero-order chi connectivity index (χ0) is 11.8. The molecule has 0 amide bonds. The van der Waals surface area contributed by atoms with Crippen LogP contribution in [-0.4, -0.2) is 18.3 Å². The quantitative estimate of drug-likeness (QED) is 0.834. The third-order valence-corrected chi connectivity index (χ3v) is 2.12. The highest BCUT2D eigenvalue weighted by atomic mass is 35.5. The first kappa shape index (κ1) is 12.9. The lowest BCUT2D eigenvalue weighted by molar-refractivity contribution is 0.259. The van der Waals surface area contributed by atoms with E-state index in [4.69, 9.17) is 21.1 Å². The minimum atomic E-state index is -0.0825. The molecule has 88 valence electrons. The summed E-state index contributed by atoms with van der Waals surface area (Å²) in [6.07, 6.45) is 1.67. The van der Waals surface area contributed by atoms with Gasteiger partial charge in [0.15, 0.2) is 11.5 Å². The second kappa shape index (κ2) is 7.14. The fourth-order valence-electron chi connectivity index (χ4n) is 1.29. The van der Waals surface area contributed by atoms with Crippen LogP contribution in [0.3, 0.4) is 0 Å². The predicted molar refractivity (Wildman–Crippen MR) is 64.0 cm³/mol. The van der Waals surface area contributed by atoms with Crippen molar-refractivity contribution in [2.75, 3.05) is 13.2 Å². The number of ether oxygens (including phenoxy) is 2. The molecule has 0 heterocycles. The summed E-state index contributed by atoms with van der Waals surface area (Å²) in [6, 6.07) is 5.42. The van der Waals surface area contributed by atoms with Gasteiger partial charge in [0.05, 0.1) is 13.2 Å². The minimum Gasteiger partial charge on any atom is -0.490 e. The maximum Gasteiger partial charge on any atom is 0.167 e. The maximum atomic E-state index is 9.19. The van der Waals surface area contributed by atoms with Gasteiger partial charge in [-0.1, -0.05) is 23.7 Å². The van der Waals surface area contributed by atoms with E-state index in [0.29, 0.717) is 30.3 Å². The van der Waals surface area contributed by atoms with Crippen LogP contribution in [0.4, 0.5) is 0 Å². The van der Waals surface area contributed by atoms with E-state index in [-0.39, 0.29) is 6.61 Å². The maximum absolute atomic E-state index is 9.19. The summed E-state index contributed by atoms with van der Waals surface area (Å²) in [5.41, 5.74) is 2.09. The minimum absolute atomic E-state index is 0.0825. The molecule has 4 heteroatoms. The molecule has 0 saturated carbocycles. The van der Waals surface area contributed by atoms with Crippen molar-refractivity contribution in [3.05, 3.63) is 35.4 Å². The Balaban J connectivity index is 2.89. The van der Waals surface area contributed by atoms with Crippen LogP contribution in [0.5, 0.6) is 11.5 Å². The average Bonchev–Trinajstić information content (AvgIpc) is 2.31. The van der Waals surface area contributed by atoms with Crippen molar-refractivity contribution in [3.63, 3.8) is 0 Å². The SMILES string of the molecule is CCOc1cccc(CO)c1OC/C=C/Cl. The number of halogens is 1. The second-order valence-electron chi connectivity index (χ2n) is 3.01. The van der Waals surface area contributed by atoms with Gasteiger partial charge in [0.1, 0.15) is 6.61 Å². The number of aliphatic hydroxyl groups is 1. The molecule has 0 bridgehead atoms. The average molecular weight is 243 g/mol. The first-order valence-electron chi connectivity index (χ1n) is 5.07. The number of aliphatic hydroxyl groups excluding tert-OH is 1. The largest absolute Gasteiger partial charge is 0.490 e. The van der Waals surface area contributed by atoms with Crippen molar-refractivity contribution in [2.24, 2.45) is 0 Å². The lowest BCUT2D eigenvalue weighted by Crippen LogP contribution is -2.02. The summed E-state index contributed by atoms with van der Waals surface area (Å²) in [5.74, 6) is 1.21. The Hall–Kier alpha value is -1.19. The highest BCUT2D eigenvalue weighted by molar-refractivity contribution is 6.25. The molecule has 1 N–H and O–H groups in total. The summed E-state index contributed by atoms with van der Waals surface area (Å²) >= 11 is 5.40. The van der Waals surface area contributed by atoms with E-state index in [1.165, 1.54) is 5.54 Å². The van der Waals surface area contributed by atoms with Crippen LogP contribution in [0.2, 0.25) is 0 Å². The third kappa shape index (κ3) is 3.43. The molecule has 3 nitrogen and oxygen atoms in total.